The summed E-state index contributed by atoms with van der Waals surface area (Å²) in [5, 5.41) is 10.7. The summed E-state index contributed by atoms with van der Waals surface area (Å²) in [6.07, 6.45) is 3.80. The molecule has 4 rings (SSSR count). The quantitative estimate of drug-likeness (QED) is 0.913. The number of amides is 1. The summed E-state index contributed by atoms with van der Waals surface area (Å²) in [4.78, 5) is 19.2. The lowest BCUT2D eigenvalue weighted by Gasteiger charge is -2.34. The van der Waals surface area contributed by atoms with Crippen LogP contribution in [0.3, 0.4) is 0 Å². The van der Waals surface area contributed by atoms with E-state index in [1.807, 2.05) is 34.2 Å². The van der Waals surface area contributed by atoms with Gasteiger partial charge in [-0.2, -0.15) is 10.2 Å². The second-order valence-corrected chi connectivity index (χ2v) is 6.72. The van der Waals surface area contributed by atoms with Gasteiger partial charge < -0.3 is 9.32 Å². The zero-order valence-corrected chi connectivity index (χ0v) is 14.5. The summed E-state index contributed by atoms with van der Waals surface area (Å²) in [5.74, 6) is 0.162. The van der Waals surface area contributed by atoms with Crippen molar-refractivity contribution in [2.45, 2.75) is 25.3 Å². The smallest absolute Gasteiger partial charge is 0.298 e. The van der Waals surface area contributed by atoms with E-state index in [0.29, 0.717) is 19.1 Å². The number of nitrogens with one attached hydrogen (secondary N) is 1. The van der Waals surface area contributed by atoms with Gasteiger partial charge in [-0.25, -0.2) is 5.43 Å². The summed E-state index contributed by atoms with van der Waals surface area (Å²) in [5.41, 5.74) is 4.72. The minimum atomic E-state index is -0.00605. The van der Waals surface area contributed by atoms with Gasteiger partial charge in [0.1, 0.15) is 12.3 Å². The molecule has 26 heavy (non-hydrogen) atoms. The largest absolute Gasteiger partial charge is 0.431 e. The van der Waals surface area contributed by atoms with E-state index in [1.54, 1.807) is 0 Å². The van der Waals surface area contributed by atoms with Gasteiger partial charge in [0.05, 0.1) is 6.04 Å². The summed E-state index contributed by atoms with van der Waals surface area (Å²) in [6.45, 7) is 2.22. The fourth-order valence-corrected chi connectivity index (χ4v) is 3.76. The number of piperidine rings is 1. The van der Waals surface area contributed by atoms with E-state index >= 15 is 0 Å². The predicted molar refractivity (Wildman–Crippen MR) is 94.8 cm³/mol. The molecular weight excluding hydrogens is 330 g/mol. The molecule has 0 bridgehead atoms. The monoisotopic (exact) mass is 351 g/mol. The normalized spacial score (nSPS) is 21.0. The van der Waals surface area contributed by atoms with Crippen molar-refractivity contribution >= 4 is 11.9 Å². The molecule has 2 aromatic rings. The molecule has 1 aromatic heterocycles. The van der Waals surface area contributed by atoms with E-state index in [-0.39, 0.29) is 23.6 Å². The Kier molecular flexibility index (Phi) is 4.59. The van der Waals surface area contributed by atoms with Crippen LogP contribution in [0.15, 0.2) is 41.0 Å². The van der Waals surface area contributed by atoms with Crippen LogP contribution in [0.1, 0.15) is 36.6 Å². The van der Waals surface area contributed by atoms with Crippen molar-refractivity contribution in [2.24, 2.45) is 5.92 Å². The number of hydrogen-bond acceptors (Lipinski definition) is 6. The lowest BCUT2D eigenvalue weighted by atomic mass is 9.94. The Morgan fingerprint density at radius 2 is 2.00 bits per heavy atom. The summed E-state index contributed by atoms with van der Waals surface area (Å²) in [7, 11) is 0. The molecule has 134 valence electrons. The minimum Gasteiger partial charge on any atom is -0.431 e. The Balaban J connectivity index is 1.39. The number of carbonyl (C=O) groups excluding carboxylic acids is 1. The van der Waals surface area contributed by atoms with Crippen molar-refractivity contribution in [2.75, 3.05) is 24.5 Å². The maximum atomic E-state index is 13.0. The Hall–Kier alpha value is -2.85. The van der Waals surface area contributed by atoms with Crippen LogP contribution in [-0.4, -0.2) is 35.5 Å². The van der Waals surface area contributed by atoms with Gasteiger partial charge >= 0.3 is 0 Å². The van der Waals surface area contributed by atoms with Crippen LogP contribution in [0.5, 0.6) is 0 Å². The number of benzene rings is 1. The standard InChI is InChI=1S/C19H21N5O2/c20-12-16-13-26-19(22-16)23-10-7-15(8-11-23)18(25)24-17(6-9-21-24)14-4-2-1-3-5-14/h1-5,13,15,17,21H,6-11H2/t17-/m0/s1. The van der Waals surface area contributed by atoms with Crippen molar-refractivity contribution in [3.63, 3.8) is 0 Å². The molecule has 2 aliphatic heterocycles. The molecule has 2 saturated heterocycles. The number of oxazole rings is 1. The van der Waals surface area contributed by atoms with E-state index in [0.717, 1.165) is 25.8 Å². The molecule has 1 atom stereocenters. The summed E-state index contributed by atoms with van der Waals surface area (Å²) >= 11 is 0. The number of nitrogens with zero attached hydrogens (tertiary/aromatic N) is 4. The van der Waals surface area contributed by atoms with Crippen LogP contribution < -0.4 is 10.3 Å². The zero-order chi connectivity index (χ0) is 17.9. The molecule has 7 heteroatoms. The lowest BCUT2D eigenvalue weighted by Crippen LogP contribution is -2.46. The average molecular weight is 351 g/mol. The molecule has 0 spiro atoms. The third-order valence-electron chi connectivity index (χ3n) is 5.15. The summed E-state index contributed by atoms with van der Waals surface area (Å²) in [6, 6.07) is 12.7. The molecule has 1 aromatic carbocycles. The number of hydrazine groups is 1. The molecular formula is C19H21N5O2. The number of anilines is 1. The zero-order valence-electron chi connectivity index (χ0n) is 14.5. The first-order valence-electron chi connectivity index (χ1n) is 8.98. The molecule has 1 amide bonds. The first-order valence-corrected chi connectivity index (χ1v) is 8.98. The van der Waals surface area contributed by atoms with Gasteiger partial charge in [-0.05, 0) is 24.8 Å². The highest BCUT2D eigenvalue weighted by atomic mass is 16.4. The number of hydrogen-bond donors (Lipinski definition) is 1. The van der Waals surface area contributed by atoms with Crippen LogP contribution in [0.25, 0.3) is 0 Å². The van der Waals surface area contributed by atoms with E-state index in [4.69, 9.17) is 9.68 Å². The van der Waals surface area contributed by atoms with Crippen LogP contribution in [-0.2, 0) is 4.79 Å². The maximum absolute atomic E-state index is 13.0. The molecule has 3 heterocycles. The van der Waals surface area contributed by atoms with Gasteiger partial charge in [-0.3, -0.25) is 9.80 Å². The third-order valence-corrected chi connectivity index (χ3v) is 5.15. The van der Waals surface area contributed by atoms with Crippen molar-refractivity contribution in [1.29, 1.82) is 5.26 Å². The van der Waals surface area contributed by atoms with Crippen LogP contribution in [0, 0.1) is 17.2 Å². The fraction of sp³-hybridized carbons (Fsp3) is 0.421. The van der Waals surface area contributed by atoms with Gasteiger partial charge in [-0.1, -0.05) is 30.3 Å². The van der Waals surface area contributed by atoms with Gasteiger partial charge in [-0.15, -0.1) is 0 Å². The van der Waals surface area contributed by atoms with Crippen LogP contribution >= 0.6 is 0 Å². The van der Waals surface area contributed by atoms with Crippen molar-refractivity contribution in [3.05, 3.63) is 47.9 Å². The molecule has 0 aliphatic carbocycles. The van der Waals surface area contributed by atoms with E-state index in [9.17, 15) is 4.79 Å². The maximum Gasteiger partial charge on any atom is 0.298 e. The average Bonchev–Trinajstić information content (AvgIpc) is 3.38. The Labute approximate surface area is 152 Å². The third kappa shape index (κ3) is 3.16. The number of rotatable bonds is 3. The highest BCUT2D eigenvalue weighted by molar-refractivity contribution is 5.79. The molecule has 0 saturated carbocycles. The first kappa shape index (κ1) is 16.6. The Morgan fingerprint density at radius 1 is 1.23 bits per heavy atom. The van der Waals surface area contributed by atoms with Gasteiger partial charge in [0.25, 0.3) is 6.01 Å². The number of aromatic nitrogens is 1. The topological polar surface area (TPSA) is 85.4 Å². The molecule has 7 nitrogen and oxygen atoms in total. The number of nitriles is 1. The first-order chi connectivity index (χ1) is 12.8. The van der Waals surface area contributed by atoms with Crippen molar-refractivity contribution in [3.8, 4) is 6.07 Å². The Bertz CT molecular complexity index is 805. The molecule has 2 fully saturated rings. The molecule has 1 N–H and O–H groups in total. The fourth-order valence-electron chi connectivity index (χ4n) is 3.76. The van der Waals surface area contributed by atoms with Crippen molar-refractivity contribution < 1.29 is 9.21 Å². The second-order valence-electron chi connectivity index (χ2n) is 6.72. The van der Waals surface area contributed by atoms with Gasteiger partial charge in [0.2, 0.25) is 5.91 Å². The molecule has 0 radical (unpaired) electrons. The van der Waals surface area contributed by atoms with E-state index in [1.165, 1.54) is 11.8 Å². The predicted octanol–water partition coefficient (Wildman–Crippen LogP) is 2.24. The van der Waals surface area contributed by atoms with Crippen LogP contribution in [0.4, 0.5) is 6.01 Å². The lowest BCUT2D eigenvalue weighted by molar-refractivity contribution is -0.140. The van der Waals surface area contributed by atoms with E-state index in [2.05, 4.69) is 22.5 Å². The highest BCUT2D eigenvalue weighted by Gasteiger charge is 2.36. The Morgan fingerprint density at radius 3 is 2.69 bits per heavy atom. The van der Waals surface area contributed by atoms with Crippen molar-refractivity contribution in [1.82, 2.24) is 15.4 Å². The van der Waals surface area contributed by atoms with E-state index < -0.39 is 0 Å². The summed E-state index contributed by atoms with van der Waals surface area (Å²) < 4.78 is 5.35. The molecule has 0 unspecified atom stereocenters. The molecule has 2 aliphatic rings. The SMILES string of the molecule is N#Cc1coc(N2CCC(C(=O)N3NCC[C@H]3c3ccccc3)CC2)n1. The second kappa shape index (κ2) is 7.18. The van der Waals surface area contributed by atoms with Crippen LogP contribution in [0.2, 0.25) is 0 Å². The minimum absolute atomic E-state index is 0.00605. The van der Waals surface area contributed by atoms with Gasteiger partial charge in [0.15, 0.2) is 5.69 Å². The van der Waals surface area contributed by atoms with Gasteiger partial charge in [0, 0.05) is 25.6 Å². The highest BCUT2D eigenvalue weighted by Crippen LogP contribution is 2.31. The number of carbonyl (C=O) groups is 1.